The van der Waals surface area contributed by atoms with Gasteiger partial charge in [0.25, 0.3) is 0 Å². The van der Waals surface area contributed by atoms with E-state index in [1.165, 1.54) is 0 Å². The third-order valence-corrected chi connectivity index (χ3v) is 6.09. The summed E-state index contributed by atoms with van der Waals surface area (Å²) in [5.74, 6) is -1.19. The molecule has 1 aromatic carbocycles. The predicted octanol–water partition coefficient (Wildman–Crippen LogP) is 3.36. The van der Waals surface area contributed by atoms with E-state index in [0.717, 1.165) is 12.0 Å². The monoisotopic (exact) mass is 331 g/mol. The Labute approximate surface area is 139 Å². The number of halogens is 1. The van der Waals surface area contributed by atoms with Crippen LogP contribution in [-0.2, 0) is 9.59 Å². The Hall–Kier alpha value is -1.81. The largest absolute Gasteiger partial charge is 0.481 e. The second-order valence-corrected chi connectivity index (χ2v) is 7.35. The summed E-state index contributed by atoms with van der Waals surface area (Å²) < 4.78 is 0. The molecule has 0 heterocycles. The first kappa shape index (κ1) is 14.8. The highest BCUT2D eigenvalue weighted by Gasteiger charge is 2.62. The van der Waals surface area contributed by atoms with Crippen molar-refractivity contribution in [2.45, 2.75) is 13.3 Å². The molecule has 5 rings (SSSR count). The fourth-order valence-corrected chi connectivity index (χ4v) is 4.65. The minimum absolute atomic E-state index is 0.000134. The van der Waals surface area contributed by atoms with Gasteiger partial charge in [-0.15, -0.1) is 0 Å². The topological polar surface area (TPSA) is 66.4 Å². The van der Waals surface area contributed by atoms with Crippen LogP contribution in [0.2, 0.25) is 5.02 Å². The van der Waals surface area contributed by atoms with Crippen molar-refractivity contribution in [3.8, 4) is 0 Å². The number of nitrogens with one attached hydrogen (secondary N) is 1. The molecule has 6 atom stereocenters. The molecular formula is C18H18ClNO3. The molecule has 5 heteroatoms. The van der Waals surface area contributed by atoms with Crippen LogP contribution in [0, 0.1) is 42.4 Å². The van der Waals surface area contributed by atoms with Crippen molar-refractivity contribution in [1.82, 2.24) is 0 Å². The highest BCUT2D eigenvalue weighted by atomic mass is 35.5. The molecule has 4 nitrogen and oxygen atoms in total. The smallest absolute Gasteiger partial charge is 0.307 e. The number of carboxylic acids is 1. The van der Waals surface area contributed by atoms with Crippen LogP contribution in [0.15, 0.2) is 30.4 Å². The third-order valence-electron chi connectivity index (χ3n) is 5.68. The van der Waals surface area contributed by atoms with E-state index in [1.54, 1.807) is 12.1 Å². The van der Waals surface area contributed by atoms with Crippen molar-refractivity contribution >= 4 is 29.2 Å². The molecule has 0 radical (unpaired) electrons. The lowest BCUT2D eigenvalue weighted by Crippen LogP contribution is -2.48. The maximum atomic E-state index is 12.8. The molecule has 0 aromatic heterocycles. The molecule has 23 heavy (non-hydrogen) atoms. The Bertz CT molecular complexity index is 729. The first-order chi connectivity index (χ1) is 11.0. The summed E-state index contributed by atoms with van der Waals surface area (Å²) in [4.78, 5) is 24.5. The molecule has 2 bridgehead atoms. The van der Waals surface area contributed by atoms with Gasteiger partial charge >= 0.3 is 5.97 Å². The fourth-order valence-electron chi connectivity index (χ4n) is 4.47. The number of anilines is 1. The number of hydrogen-bond acceptors (Lipinski definition) is 2. The molecule has 120 valence electrons. The lowest BCUT2D eigenvalue weighted by molar-refractivity contribution is -0.152. The minimum atomic E-state index is -0.864. The van der Waals surface area contributed by atoms with Crippen LogP contribution in [0.25, 0.3) is 0 Å². The number of hydrogen-bond donors (Lipinski definition) is 2. The molecule has 0 aliphatic heterocycles. The Morgan fingerprint density at radius 1 is 1.17 bits per heavy atom. The van der Waals surface area contributed by atoms with E-state index in [4.69, 9.17) is 11.6 Å². The Balaban J connectivity index is 1.60. The van der Waals surface area contributed by atoms with Gasteiger partial charge in [-0.1, -0.05) is 29.8 Å². The number of carbonyl (C=O) groups excluding carboxylic acids is 1. The summed E-state index contributed by atoms with van der Waals surface area (Å²) in [6, 6.07) is 5.35. The van der Waals surface area contributed by atoms with E-state index in [2.05, 4.69) is 11.4 Å². The van der Waals surface area contributed by atoms with Gasteiger partial charge in [0.1, 0.15) is 0 Å². The highest BCUT2D eigenvalue weighted by molar-refractivity contribution is 6.31. The van der Waals surface area contributed by atoms with Crippen molar-refractivity contribution in [2.75, 3.05) is 5.32 Å². The normalized spacial score (nSPS) is 36.4. The number of allylic oxidation sites excluding steroid dienone is 2. The summed E-state index contributed by atoms with van der Waals surface area (Å²) >= 11 is 6.10. The van der Waals surface area contributed by atoms with E-state index >= 15 is 0 Å². The molecule has 2 N–H and O–H groups in total. The molecule has 1 amide bonds. The molecule has 1 aromatic rings. The van der Waals surface area contributed by atoms with Gasteiger partial charge in [0.2, 0.25) is 5.91 Å². The molecule has 2 fully saturated rings. The molecule has 4 aliphatic carbocycles. The average molecular weight is 332 g/mol. The summed E-state index contributed by atoms with van der Waals surface area (Å²) in [5.41, 5.74) is 1.56. The second kappa shape index (κ2) is 5.10. The number of amides is 1. The van der Waals surface area contributed by atoms with Crippen molar-refractivity contribution in [2.24, 2.45) is 35.5 Å². The zero-order chi connectivity index (χ0) is 16.3. The zero-order valence-electron chi connectivity index (χ0n) is 12.7. The van der Waals surface area contributed by atoms with E-state index < -0.39 is 17.8 Å². The Morgan fingerprint density at radius 3 is 2.43 bits per heavy atom. The predicted molar refractivity (Wildman–Crippen MR) is 87.2 cm³/mol. The van der Waals surface area contributed by atoms with Crippen LogP contribution in [-0.4, -0.2) is 17.0 Å². The van der Waals surface area contributed by atoms with Crippen LogP contribution in [0.3, 0.4) is 0 Å². The molecule has 0 spiro atoms. The molecule has 4 aliphatic rings. The third kappa shape index (κ3) is 2.27. The average Bonchev–Trinajstić information content (AvgIpc) is 3.32. The number of carboxylic acid groups (broad SMARTS) is 1. The highest BCUT2D eigenvalue weighted by Crippen LogP contribution is 2.63. The number of aliphatic carboxylic acids is 1. The first-order valence-corrected chi connectivity index (χ1v) is 8.33. The number of fused-ring (bicyclic) bond motifs is 1. The van der Waals surface area contributed by atoms with E-state index in [-0.39, 0.29) is 17.7 Å². The maximum absolute atomic E-state index is 12.8. The van der Waals surface area contributed by atoms with Crippen LogP contribution >= 0.6 is 11.6 Å². The maximum Gasteiger partial charge on any atom is 0.307 e. The van der Waals surface area contributed by atoms with Gasteiger partial charge in [0.15, 0.2) is 0 Å². The van der Waals surface area contributed by atoms with Crippen molar-refractivity contribution < 1.29 is 14.7 Å². The summed E-state index contributed by atoms with van der Waals surface area (Å²) in [5, 5.41) is 13.1. The van der Waals surface area contributed by atoms with Gasteiger partial charge in [-0.05, 0) is 54.7 Å². The van der Waals surface area contributed by atoms with E-state index in [9.17, 15) is 14.7 Å². The standard InChI is InChI=1S/C18H18ClNO3/c1-8-2-3-9(6-14(8)19)20-17(21)15-10-4-5-11(13-7-12(10)13)16(15)18(22)23/h2-6,10-13,15-16H,7H2,1H3,(H,20,21)(H,22,23)/t10-,11+,12+,13+,15-,16-/m0/s1. The Morgan fingerprint density at radius 2 is 1.83 bits per heavy atom. The minimum Gasteiger partial charge on any atom is -0.481 e. The summed E-state index contributed by atoms with van der Waals surface area (Å²) in [7, 11) is 0. The Kier molecular flexibility index (Phi) is 3.27. The van der Waals surface area contributed by atoms with Crippen LogP contribution in [0.5, 0.6) is 0 Å². The van der Waals surface area contributed by atoms with Crippen LogP contribution in [0.1, 0.15) is 12.0 Å². The second-order valence-electron chi connectivity index (χ2n) is 6.95. The van der Waals surface area contributed by atoms with Gasteiger partial charge in [0, 0.05) is 10.7 Å². The SMILES string of the molecule is Cc1ccc(NC(=O)[C@H]2[C@H]3C=C[C@H]([C@H]4C[C@H]34)[C@@H]2C(=O)O)cc1Cl. The quantitative estimate of drug-likeness (QED) is 0.835. The first-order valence-electron chi connectivity index (χ1n) is 7.95. The van der Waals surface area contributed by atoms with E-state index in [1.807, 2.05) is 19.1 Å². The van der Waals surface area contributed by atoms with Gasteiger partial charge in [0.05, 0.1) is 11.8 Å². The lowest BCUT2D eigenvalue weighted by atomic mass is 9.62. The van der Waals surface area contributed by atoms with Gasteiger partial charge in [-0.2, -0.15) is 0 Å². The summed E-state index contributed by atoms with van der Waals surface area (Å²) in [6.07, 6.45) is 5.13. The molecule has 2 saturated carbocycles. The van der Waals surface area contributed by atoms with Crippen molar-refractivity contribution in [1.29, 1.82) is 0 Å². The molecule has 0 saturated heterocycles. The van der Waals surface area contributed by atoms with Gasteiger partial charge in [-0.25, -0.2) is 0 Å². The van der Waals surface area contributed by atoms with Gasteiger partial charge < -0.3 is 10.4 Å². The lowest BCUT2D eigenvalue weighted by Gasteiger charge is -2.41. The summed E-state index contributed by atoms with van der Waals surface area (Å²) in [6.45, 7) is 1.90. The fraction of sp³-hybridized carbons (Fsp3) is 0.444. The number of aryl methyl sites for hydroxylation is 1. The molecule has 0 unspecified atom stereocenters. The van der Waals surface area contributed by atoms with Crippen LogP contribution in [0.4, 0.5) is 5.69 Å². The molecular weight excluding hydrogens is 314 g/mol. The zero-order valence-corrected chi connectivity index (χ0v) is 13.5. The number of carbonyl (C=O) groups is 2. The van der Waals surface area contributed by atoms with Crippen molar-refractivity contribution in [3.63, 3.8) is 0 Å². The number of benzene rings is 1. The van der Waals surface area contributed by atoms with E-state index in [0.29, 0.717) is 22.5 Å². The van der Waals surface area contributed by atoms with Crippen LogP contribution < -0.4 is 5.32 Å². The number of rotatable bonds is 3. The van der Waals surface area contributed by atoms with Crippen molar-refractivity contribution in [3.05, 3.63) is 40.9 Å². The van der Waals surface area contributed by atoms with Gasteiger partial charge in [-0.3, -0.25) is 9.59 Å².